The van der Waals surface area contributed by atoms with E-state index in [4.69, 9.17) is 10.3 Å². The molecule has 1 aromatic rings. The second kappa shape index (κ2) is 3.31. The first-order valence-electron chi connectivity index (χ1n) is 4.60. The van der Waals surface area contributed by atoms with E-state index in [1.807, 2.05) is 0 Å². The van der Waals surface area contributed by atoms with Crippen molar-refractivity contribution >= 4 is 21.9 Å². The standard InChI is InChI=1S/C10H11NO4S/c11-8-3-4-9-7(6-8)2-1-5-10(9,12)16(13,14)15/h1-4,6,12H,5,11H2,(H,13,14,15). The van der Waals surface area contributed by atoms with Gasteiger partial charge >= 0.3 is 0 Å². The molecular weight excluding hydrogens is 230 g/mol. The Bertz CT molecular complexity index is 564. The van der Waals surface area contributed by atoms with Crippen LogP contribution in [0, 0.1) is 0 Å². The normalized spacial score (nSPS) is 24.1. The minimum absolute atomic E-state index is 0.145. The number of benzene rings is 1. The van der Waals surface area contributed by atoms with Crippen LogP contribution >= 0.6 is 0 Å². The molecule has 16 heavy (non-hydrogen) atoms. The highest BCUT2D eigenvalue weighted by Gasteiger charge is 2.44. The summed E-state index contributed by atoms with van der Waals surface area (Å²) in [4.78, 5) is -2.27. The van der Waals surface area contributed by atoms with Crippen molar-refractivity contribution in [2.24, 2.45) is 0 Å². The third-order valence-electron chi connectivity index (χ3n) is 2.62. The fourth-order valence-corrected chi connectivity index (χ4v) is 2.55. The summed E-state index contributed by atoms with van der Waals surface area (Å²) < 4.78 is 31.5. The van der Waals surface area contributed by atoms with Crippen molar-refractivity contribution in [1.82, 2.24) is 0 Å². The first-order chi connectivity index (χ1) is 7.34. The maximum absolute atomic E-state index is 11.2. The molecular formula is C10H11NO4S. The van der Waals surface area contributed by atoms with Gasteiger partial charge in [0, 0.05) is 17.7 Å². The fraction of sp³-hybridized carbons (Fsp3) is 0.200. The van der Waals surface area contributed by atoms with Gasteiger partial charge < -0.3 is 10.8 Å². The summed E-state index contributed by atoms with van der Waals surface area (Å²) in [5.41, 5.74) is 6.65. The Morgan fingerprint density at radius 2 is 2.06 bits per heavy atom. The number of nitrogens with two attached hydrogens (primary N) is 1. The first kappa shape index (κ1) is 11.1. The summed E-state index contributed by atoms with van der Waals surface area (Å²) in [6, 6.07) is 4.43. The van der Waals surface area contributed by atoms with E-state index in [9.17, 15) is 13.5 Å². The average molecular weight is 241 g/mol. The molecule has 0 saturated heterocycles. The molecule has 1 unspecified atom stereocenters. The summed E-state index contributed by atoms with van der Waals surface area (Å²) in [6.07, 6.45) is 2.96. The highest BCUT2D eigenvalue weighted by Crippen LogP contribution is 2.38. The molecule has 4 N–H and O–H groups in total. The number of hydrogen-bond donors (Lipinski definition) is 3. The number of nitrogen functional groups attached to an aromatic ring is 1. The van der Waals surface area contributed by atoms with Gasteiger partial charge in [-0.25, -0.2) is 0 Å². The third kappa shape index (κ3) is 1.51. The monoisotopic (exact) mass is 241 g/mol. The SMILES string of the molecule is Nc1ccc2c(c1)C=CCC2(O)S(=O)(=O)O. The van der Waals surface area contributed by atoms with Crippen LogP contribution in [0.3, 0.4) is 0 Å². The molecule has 0 spiro atoms. The number of aliphatic hydroxyl groups is 1. The summed E-state index contributed by atoms with van der Waals surface area (Å²) in [6.45, 7) is 0. The summed E-state index contributed by atoms with van der Waals surface area (Å²) in [7, 11) is -4.59. The van der Waals surface area contributed by atoms with Crippen molar-refractivity contribution in [3.63, 3.8) is 0 Å². The molecule has 0 aromatic heterocycles. The third-order valence-corrected chi connectivity index (χ3v) is 3.86. The van der Waals surface area contributed by atoms with Crippen LogP contribution in [0.4, 0.5) is 5.69 Å². The van der Waals surface area contributed by atoms with Gasteiger partial charge in [-0.05, 0) is 17.7 Å². The van der Waals surface area contributed by atoms with Crippen LogP contribution in [-0.4, -0.2) is 18.1 Å². The van der Waals surface area contributed by atoms with Gasteiger partial charge in [-0.3, -0.25) is 4.55 Å². The van der Waals surface area contributed by atoms with Crippen molar-refractivity contribution < 1.29 is 18.1 Å². The Morgan fingerprint density at radius 1 is 1.38 bits per heavy atom. The highest BCUT2D eigenvalue weighted by molar-refractivity contribution is 7.86. The van der Waals surface area contributed by atoms with Gasteiger partial charge in [0.05, 0.1) is 0 Å². The zero-order chi connectivity index (χ0) is 12.0. The van der Waals surface area contributed by atoms with Gasteiger partial charge in [0.1, 0.15) is 0 Å². The molecule has 6 heteroatoms. The van der Waals surface area contributed by atoms with E-state index in [2.05, 4.69) is 0 Å². The van der Waals surface area contributed by atoms with Gasteiger partial charge in [0.2, 0.25) is 4.93 Å². The number of anilines is 1. The van der Waals surface area contributed by atoms with Gasteiger partial charge in [-0.1, -0.05) is 18.2 Å². The van der Waals surface area contributed by atoms with Crippen LogP contribution in [0.2, 0.25) is 0 Å². The number of hydrogen-bond acceptors (Lipinski definition) is 4. The van der Waals surface area contributed by atoms with E-state index < -0.39 is 15.1 Å². The van der Waals surface area contributed by atoms with Crippen molar-refractivity contribution in [3.8, 4) is 0 Å². The fourth-order valence-electron chi connectivity index (χ4n) is 1.77. The molecule has 1 aliphatic rings. The topological polar surface area (TPSA) is 101 Å². The molecule has 5 nitrogen and oxygen atoms in total. The van der Waals surface area contributed by atoms with Gasteiger partial charge in [0.15, 0.2) is 0 Å². The minimum atomic E-state index is -4.59. The first-order valence-corrected chi connectivity index (χ1v) is 6.04. The second-order valence-corrected chi connectivity index (χ2v) is 5.34. The molecule has 0 heterocycles. The lowest BCUT2D eigenvalue weighted by atomic mass is 9.94. The predicted octanol–water partition coefficient (Wildman–Crippen LogP) is 0.719. The lowest BCUT2D eigenvalue weighted by Crippen LogP contribution is -2.36. The van der Waals surface area contributed by atoms with Crippen molar-refractivity contribution in [3.05, 3.63) is 35.4 Å². The molecule has 0 fully saturated rings. The van der Waals surface area contributed by atoms with Crippen molar-refractivity contribution in [1.29, 1.82) is 0 Å². The van der Waals surface area contributed by atoms with Crippen LogP contribution in [0.5, 0.6) is 0 Å². The smallest absolute Gasteiger partial charge is 0.299 e. The summed E-state index contributed by atoms with van der Waals surface area (Å²) in [5.74, 6) is 0. The number of rotatable bonds is 1. The Kier molecular flexibility index (Phi) is 2.30. The molecule has 0 saturated carbocycles. The Morgan fingerprint density at radius 3 is 2.69 bits per heavy atom. The largest absolute Gasteiger partial charge is 0.399 e. The predicted molar refractivity (Wildman–Crippen MR) is 60.0 cm³/mol. The van der Waals surface area contributed by atoms with Gasteiger partial charge in [-0.15, -0.1) is 0 Å². The molecule has 2 rings (SSSR count). The van der Waals surface area contributed by atoms with Gasteiger partial charge in [0.25, 0.3) is 10.1 Å². The quantitative estimate of drug-likeness (QED) is 0.497. The zero-order valence-corrected chi connectivity index (χ0v) is 9.11. The van der Waals surface area contributed by atoms with Crippen molar-refractivity contribution in [2.75, 3.05) is 5.73 Å². The molecule has 0 amide bonds. The summed E-state index contributed by atoms with van der Waals surface area (Å²) in [5, 5.41) is 10.0. The molecule has 1 aromatic carbocycles. The van der Waals surface area contributed by atoms with Gasteiger partial charge in [-0.2, -0.15) is 8.42 Å². The maximum Gasteiger partial charge on any atom is 0.299 e. The van der Waals surface area contributed by atoms with E-state index in [-0.39, 0.29) is 12.0 Å². The van der Waals surface area contributed by atoms with E-state index >= 15 is 0 Å². The van der Waals surface area contributed by atoms with Crippen LogP contribution in [0.25, 0.3) is 6.08 Å². The number of fused-ring (bicyclic) bond motifs is 1. The minimum Gasteiger partial charge on any atom is -0.399 e. The molecule has 1 atom stereocenters. The Balaban J connectivity index is 2.71. The highest BCUT2D eigenvalue weighted by atomic mass is 32.2. The lowest BCUT2D eigenvalue weighted by molar-refractivity contribution is 0.114. The zero-order valence-electron chi connectivity index (χ0n) is 8.29. The Labute approximate surface area is 93.0 Å². The molecule has 0 aliphatic heterocycles. The van der Waals surface area contributed by atoms with Crippen LogP contribution < -0.4 is 5.73 Å². The maximum atomic E-state index is 11.2. The molecule has 0 bridgehead atoms. The molecule has 86 valence electrons. The summed E-state index contributed by atoms with van der Waals surface area (Å²) >= 11 is 0. The lowest BCUT2D eigenvalue weighted by Gasteiger charge is -2.28. The average Bonchev–Trinajstić information content (AvgIpc) is 2.15. The van der Waals surface area contributed by atoms with E-state index in [1.54, 1.807) is 12.1 Å². The molecule has 1 aliphatic carbocycles. The molecule has 0 radical (unpaired) electrons. The van der Waals surface area contributed by atoms with E-state index in [0.717, 1.165) is 0 Å². The Hall–Kier alpha value is -1.37. The van der Waals surface area contributed by atoms with Crippen molar-refractivity contribution in [2.45, 2.75) is 11.4 Å². The van der Waals surface area contributed by atoms with E-state index in [0.29, 0.717) is 11.3 Å². The van der Waals surface area contributed by atoms with Crippen LogP contribution in [0.1, 0.15) is 17.5 Å². The van der Waals surface area contributed by atoms with Crippen LogP contribution in [0.15, 0.2) is 24.3 Å². The van der Waals surface area contributed by atoms with E-state index in [1.165, 1.54) is 18.2 Å². The van der Waals surface area contributed by atoms with Crippen LogP contribution in [-0.2, 0) is 15.1 Å². The second-order valence-electron chi connectivity index (χ2n) is 3.71.